The van der Waals surface area contributed by atoms with Crippen LogP contribution in [0.25, 0.3) is 0 Å². The maximum Gasteiger partial charge on any atom is 0.137 e. The number of aromatic nitrogens is 2. The third-order valence-corrected chi connectivity index (χ3v) is 3.80. The van der Waals surface area contributed by atoms with Gasteiger partial charge in [0.05, 0.1) is 6.33 Å². The van der Waals surface area contributed by atoms with E-state index in [9.17, 15) is 4.79 Å². The second-order valence-corrected chi connectivity index (χ2v) is 5.72. The molecule has 106 valence electrons. The van der Waals surface area contributed by atoms with Gasteiger partial charge < -0.3 is 4.57 Å². The van der Waals surface area contributed by atoms with E-state index in [1.807, 2.05) is 10.8 Å². The summed E-state index contributed by atoms with van der Waals surface area (Å²) in [6.07, 6.45) is 6.80. The zero-order valence-electron chi connectivity index (χ0n) is 10.7. The molecular formula is C14H13Cl3N2O. The average molecular weight is 332 g/mol. The van der Waals surface area contributed by atoms with E-state index in [2.05, 4.69) is 4.98 Å². The lowest BCUT2D eigenvalue weighted by Crippen LogP contribution is -2.06. The quantitative estimate of drug-likeness (QED) is 0.784. The topological polar surface area (TPSA) is 34.9 Å². The minimum Gasteiger partial charge on any atom is -0.337 e. The third-order valence-electron chi connectivity index (χ3n) is 2.91. The predicted molar refractivity (Wildman–Crippen MR) is 81.6 cm³/mol. The first-order valence-electron chi connectivity index (χ1n) is 6.17. The van der Waals surface area contributed by atoms with Gasteiger partial charge in [0.25, 0.3) is 0 Å². The van der Waals surface area contributed by atoms with Crippen LogP contribution >= 0.6 is 34.8 Å². The summed E-state index contributed by atoms with van der Waals surface area (Å²) >= 11 is 18.0. The molecule has 0 fully saturated rings. The van der Waals surface area contributed by atoms with Crippen molar-refractivity contribution in [3.05, 3.63) is 51.5 Å². The van der Waals surface area contributed by atoms with Crippen molar-refractivity contribution in [2.24, 2.45) is 0 Å². The van der Waals surface area contributed by atoms with Gasteiger partial charge in [0.1, 0.15) is 5.78 Å². The summed E-state index contributed by atoms with van der Waals surface area (Å²) in [5.41, 5.74) is 0.644. The maximum atomic E-state index is 12.0. The Kier molecular flexibility index (Phi) is 5.46. The molecule has 1 heterocycles. The number of nitrogens with zero attached hydrogens (tertiary/aromatic N) is 2. The number of aryl methyl sites for hydroxylation is 1. The highest BCUT2D eigenvalue weighted by molar-refractivity contribution is 6.39. The van der Waals surface area contributed by atoms with Crippen molar-refractivity contribution < 1.29 is 4.79 Å². The van der Waals surface area contributed by atoms with Gasteiger partial charge in [-0.15, -0.1) is 0 Å². The van der Waals surface area contributed by atoms with Crippen LogP contribution in [0.5, 0.6) is 0 Å². The van der Waals surface area contributed by atoms with Crippen LogP contribution in [0.1, 0.15) is 18.4 Å². The fraction of sp³-hybridized carbons (Fsp3) is 0.286. The summed E-state index contributed by atoms with van der Waals surface area (Å²) in [7, 11) is 0. The van der Waals surface area contributed by atoms with Crippen LogP contribution in [0, 0.1) is 0 Å². The zero-order chi connectivity index (χ0) is 14.5. The van der Waals surface area contributed by atoms with Crippen LogP contribution in [0.15, 0.2) is 30.9 Å². The van der Waals surface area contributed by atoms with E-state index in [-0.39, 0.29) is 12.2 Å². The number of carbonyl (C=O) groups excluding carboxylic acids is 1. The number of hydrogen-bond acceptors (Lipinski definition) is 2. The summed E-state index contributed by atoms with van der Waals surface area (Å²) < 4.78 is 1.94. The number of benzene rings is 1. The molecule has 2 aromatic rings. The molecule has 0 aliphatic rings. The Morgan fingerprint density at radius 2 is 1.90 bits per heavy atom. The Bertz CT molecular complexity index is 573. The van der Waals surface area contributed by atoms with Gasteiger partial charge in [-0.2, -0.15) is 0 Å². The number of ketones is 1. The molecule has 0 amide bonds. The Balaban J connectivity index is 1.88. The molecule has 1 aromatic heterocycles. The Morgan fingerprint density at radius 3 is 2.50 bits per heavy atom. The van der Waals surface area contributed by atoms with Gasteiger partial charge in [-0.1, -0.05) is 34.8 Å². The predicted octanol–water partition coefficient (Wildman–Crippen LogP) is 4.44. The van der Waals surface area contributed by atoms with Crippen molar-refractivity contribution >= 4 is 40.6 Å². The summed E-state index contributed by atoms with van der Waals surface area (Å²) in [6.45, 7) is 0.772. The van der Waals surface area contributed by atoms with Gasteiger partial charge in [-0.25, -0.2) is 4.98 Å². The van der Waals surface area contributed by atoms with Crippen molar-refractivity contribution in [3.8, 4) is 0 Å². The highest BCUT2D eigenvalue weighted by atomic mass is 35.5. The number of carbonyl (C=O) groups is 1. The smallest absolute Gasteiger partial charge is 0.137 e. The van der Waals surface area contributed by atoms with E-state index in [4.69, 9.17) is 34.8 Å². The Hall–Kier alpha value is -1.03. The summed E-state index contributed by atoms with van der Waals surface area (Å²) in [6, 6.07) is 3.20. The largest absolute Gasteiger partial charge is 0.337 e. The summed E-state index contributed by atoms with van der Waals surface area (Å²) in [5, 5.41) is 1.34. The molecule has 3 nitrogen and oxygen atoms in total. The van der Waals surface area contributed by atoms with Gasteiger partial charge in [0.2, 0.25) is 0 Å². The fourth-order valence-corrected chi connectivity index (χ4v) is 2.85. The van der Waals surface area contributed by atoms with Crippen molar-refractivity contribution in [2.75, 3.05) is 0 Å². The number of halogens is 3. The van der Waals surface area contributed by atoms with Gasteiger partial charge in [-0.3, -0.25) is 4.79 Å². The highest BCUT2D eigenvalue weighted by Gasteiger charge is 2.12. The third kappa shape index (κ3) is 4.23. The van der Waals surface area contributed by atoms with E-state index in [0.717, 1.165) is 13.0 Å². The van der Waals surface area contributed by atoms with Crippen LogP contribution in [0.2, 0.25) is 15.1 Å². The van der Waals surface area contributed by atoms with Crippen LogP contribution in [0.3, 0.4) is 0 Å². The zero-order valence-corrected chi connectivity index (χ0v) is 12.9. The lowest BCUT2D eigenvalue weighted by atomic mass is 10.1. The number of hydrogen-bond donors (Lipinski definition) is 0. The number of imidazole rings is 1. The molecule has 6 heteroatoms. The number of Topliss-reactive ketones (excluding diaryl/α,β-unsaturated/α-hetero) is 1. The first kappa shape index (κ1) is 15.4. The minimum atomic E-state index is 0.108. The van der Waals surface area contributed by atoms with Crippen molar-refractivity contribution in [1.82, 2.24) is 9.55 Å². The monoisotopic (exact) mass is 330 g/mol. The molecule has 0 bridgehead atoms. The first-order chi connectivity index (χ1) is 9.56. The molecular weight excluding hydrogens is 319 g/mol. The van der Waals surface area contributed by atoms with Crippen molar-refractivity contribution in [2.45, 2.75) is 25.8 Å². The Morgan fingerprint density at radius 1 is 1.20 bits per heavy atom. The molecule has 0 atom stereocenters. The van der Waals surface area contributed by atoms with Crippen LogP contribution in [0.4, 0.5) is 0 Å². The summed E-state index contributed by atoms with van der Waals surface area (Å²) in [4.78, 5) is 15.9. The fourth-order valence-electron chi connectivity index (χ4n) is 1.90. The molecule has 0 saturated carbocycles. The standard InChI is InChI=1S/C14H13Cl3N2O/c15-10-6-13(16)12(14(17)7-10)8-11(20)2-1-4-19-5-3-18-9-19/h3,5-7,9H,1-2,4,8H2. The minimum absolute atomic E-state index is 0.108. The second-order valence-electron chi connectivity index (χ2n) is 4.47. The van der Waals surface area contributed by atoms with E-state index in [0.29, 0.717) is 27.1 Å². The first-order valence-corrected chi connectivity index (χ1v) is 7.30. The van der Waals surface area contributed by atoms with Gasteiger partial charge >= 0.3 is 0 Å². The molecule has 0 unspecified atom stereocenters. The van der Waals surface area contributed by atoms with Gasteiger partial charge in [0.15, 0.2) is 0 Å². The van der Waals surface area contributed by atoms with Crippen molar-refractivity contribution in [1.29, 1.82) is 0 Å². The number of rotatable bonds is 6. The molecule has 20 heavy (non-hydrogen) atoms. The normalized spacial score (nSPS) is 10.8. The summed E-state index contributed by atoms with van der Waals surface area (Å²) in [5.74, 6) is 0.108. The SMILES string of the molecule is O=C(CCCn1ccnc1)Cc1c(Cl)cc(Cl)cc1Cl. The molecule has 0 N–H and O–H groups in total. The lowest BCUT2D eigenvalue weighted by Gasteiger charge is -2.07. The molecule has 0 aliphatic heterocycles. The van der Waals surface area contributed by atoms with Crippen LogP contribution in [-0.4, -0.2) is 15.3 Å². The van der Waals surface area contributed by atoms with E-state index >= 15 is 0 Å². The van der Waals surface area contributed by atoms with Crippen molar-refractivity contribution in [3.63, 3.8) is 0 Å². The molecule has 0 spiro atoms. The van der Waals surface area contributed by atoms with Crippen LogP contribution in [-0.2, 0) is 17.8 Å². The van der Waals surface area contributed by atoms with E-state index in [1.54, 1.807) is 24.7 Å². The van der Waals surface area contributed by atoms with E-state index in [1.165, 1.54) is 0 Å². The van der Waals surface area contributed by atoms with Crippen LogP contribution < -0.4 is 0 Å². The lowest BCUT2D eigenvalue weighted by molar-refractivity contribution is -0.118. The highest BCUT2D eigenvalue weighted by Crippen LogP contribution is 2.29. The maximum absolute atomic E-state index is 12.0. The van der Waals surface area contributed by atoms with E-state index < -0.39 is 0 Å². The molecule has 0 radical (unpaired) electrons. The second kappa shape index (κ2) is 7.11. The van der Waals surface area contributed by atoms with Gasteiger partial charge in [0, 0.05) is 46.8 Å². The van der Waals surface area contributed by atoms with Gasteiger partial charge in [-0.05, 0) is 24.1 Å². The molecule has 0 aliphatic carbocycles. The molecule has 0 saturated heterocycles. The molecule has 1 aromatic carbocycles. The average Bonchev–Trinajstić information content (AvgIpc) is 2.87. The Labute approximate surface area is 132 Å². The molecule has 2 rings (SSSR count).